The summed E-state index contributed by atoms with van der Waals surface area (Å²) in [5.74, 6) is 0.336. The highest BCUT2D eigenvalue weighted by Gasteiger charge is 2.14. The standard InChI is InChI=1S/C14H14O3/c1-16-14(15)12-9-10-17-13(12)8-7-11-5-3-2-4-6-11/h2-6,9-10H,7-8H2,1H3. The summed E-state index contributed by atoms with van der Waals surface area (Å²) in [6.45, 7) is 0. The Hall–Kier alpha value is -2.03. The summed E-state index contributed by atoms with van der Waals surface area (Å²) in [5, 5.41) is 0. The van der Waals surface area contributed by atoms with E-state index in [1.165, 1.54) is 18.9 Å². The van der Waals surface area contributed by atoms with E-state index in [9.17, 15) is 4.79 Å². The summed E-state index contributed by atoms with van der Waals surface area (Å²) in [6.07, 6.45) is 3.06. The predicted molar refractivity (Wildman–Crippen MR) is 63.9 cm³/mol. The van der Waals surface area contributed by atoms with Gasteiger partial charge in [-0.1, -0.05) is 30.3 Å². The van der Waals surface area contributed by atoms with Crippen molar-refractivity contribution in [3.8, 4) is 0 Å². The minimum Gasteiger partial charge on any atom is -0.468 e. The zero-order valence-corrected chi connectivity index (χ0v) is 9.68. The Labute approximate surface area is 100 Å². The zero-order valence-electron chi connectivity index (χ0n) is 9.68. The third-order valence-electron chi connectivity index (χ3n) is 2.63. The molecule has 0 bridgehead atoms. The molecule has 1 heterocycles. The maximum atomic E-state index is 11.4. The highest BCUT2D eigenvalue weighted by Crippen LogP contribution is 2.14. The van der Waals surface area contributed by atoms with E-state index in [1.54, 1.807) is 6.07 Å². The lowest BCUT2D eigenvalue weighted by Crippen LogP contribution is -2.03. The SMILES string of the molecule is COC(=O)c1ccoc1CCc1ccccc1. The van der Waals surface area contributed by atoms with E-state index in [4.69, 9.17) is 4.42 Å². The topological polar surface area (TPSA) is 39.4 Å². The van der Waals surface area contributed by atoms with Gasteiger partial charge in [-0.2, -0.15) is 0 Å². The number of benzene rings is 1. The van der Waals surface area contributed by atoms with Crippen LogP contribution in [0.3, 0.4) is 0 Å². The van der Waals surface area contributed by atoms with Crippen molar-refractivity contribution in [2.75, 3.05) is 7.11 Å². The van der Waals surface area contributed by atoms with Crippen LogP contribution < -0.4 is 0 Å². The fraction of sp³-hybridized carbons (Fsp3) is 0.214. The van der Waals surface area contributed by atoms with Gasteiger partial charge < -0.3 is 9.15 Å². The van der Waals surface area contributed by atoms with Gasteiger partial charge in [-0.05, 0) is 18.1 Å². The molecule has 0 spiro atoms. The van der Waals surface area contributed by atoms with Crippen molar-refractivity contribution in [1.29, 1.82) is 0 Å². The second-order valence-corrected chi connectivity index (χ2v) is 3.73. The number of methoxy groups -OCH3 is 1. The number of rotatable bonds is 4. The zero-order chi connectivity index (χ0) is 12.1. The van der Waals surface area contributed by atoms with E-state index < -0.39 is 0 Å². The summed E-state index contributed by atoms with van der Waals surface area (Å²) >= 11 is 0. The van der Waals surface area contributed by atoms with Crippen molar-refractivity contribution >= 4 is 5.97 Å². The predicted octanol–water partition coefficient (Wildman–Crippen LogP) is 2.85. The van der Waals surface area contributed by atoms with E-state index in [1.807, 2.05) is 18.2 Å². The van der Waals surface area contributed by atoms with Crippen LogP contribution in [0.15, 0.2) is 47.1 Å². The van der Waals surface area contributed by atoms with Crippen LogP contribution >= 0.6 is 0 Å². The normalized spacial score (nSPS) is 10.2. The lowest BCUT2D eigenvalue weighted by atomic mass is 10.1. The maximum Gasteiger partial charge on any atom is 0.341 e. The fourth-order valence-corrected chi connectivity index (χ4v) is 1.73. The fourth-order valence-electron chi connectivity index (χ4n) is 1.73. The van der Waals surface area contributed by atoms with Crippen LogP contribution in [0.5, 0.6) is 0 Å². The molecule has 17 heavy (non-hydrogen) atoms. The van der Waals surface area contributed by atoms with Crippen LogP contribution in [0.25, 0.3) is 0 Å². The van der Waals surface area contributed by atoms with Gasteiger partial charge >= 0.3 is 5.97 Å². The van der Waals surface area contributed by atoms with Gasteiger partial charge in [0.2, 0.25) is 0 Å². The Morgan fingerprint density at radius 2 is 1.94 bits per heavy atom. The first-order valence-corrected chi connectivity index (χ1v) is 5.50. The lowest BCUT2D eigenvalue weighted by Gasteiger charge is -2.01. The molecule has 1 aromatic heterocycles. The molecule has 0 unspecified atom stereocenters. The molecule has 0 aliphatic heterocycles. The quantitative estimate of drug-likeness (QED) is 0.758. The third-order valence-corrected chi connectivity index (χ3v) is 2.63. The summed E-state index contributed by atoms with van der Waals surface area (Å²) in [7, 11) is 1.37. The summed E-state index contributed by atoms with van der Waals surface area (Å²) in [6, 6.07) is 11.7. The second-order valence-electron chi connectivity index (χ2n) is 3.73. The van der Waals surface area contributed by atoms with Gasteiger partial charge in [0, 0.05) is 6.42 Å². The molecule has 0 N–H and O–H groups in total. The summed E-state index contributed by atoms with van der Waals surface area (Å²) < 4.78 is 10.00. The molecule has 2 rings (SSSR count). The second kappa shape index (κ2) is 5.34. The van der Waals surface area contributed by atoms with Crippen molar-refractivity contribution in [3.05, 3.63) is 59.5 Å². The Kier molecular flexibility index (Phi) is 3.60. The first-order chi connectivity index (χ1) is 8.31. The number of hydrogen-bond donors (Lipinski definition) is 0. The number of carbonyl (C=O) groups is 1. The minimum absolute atomic E-state index is 0.346. The van der Waals surface area contributed by atoms with Gasteiger partial charge in [0.1, 0.15) is 11.3 Å². The molecule has 3 nitrogen and oxygen atoms in total. The number of ether oxygens (including phenoxy) is 1. The molecule has 2 aromatic rings. The smallest absolute Gasteiger partial charge is 0.341 e. The summed E-state index contributed by atoms with van der Waals surface area (Å²) in [4.78, 5) is 11.4. The van der Waals surface area contributed by atoms with Crippen LogP contribution in [0.2, 0.25) is 0 Å². The molecule has 0 radical (unpaired) electrons. The lowest BCUT2D eigenvalue weighted by molar-refractivity contribution is 0.0598. The molecule has 0 aliphatic rings. The number of furan rings is 1. The van der Waals surface area contributed by atoms with Gasteiger partial charge in [-0.15, -0.1) is 0 Å². The number of hydrogen-bond acceptors (Lipinski definition) is 3. The Morgan fingerprint density at radius 3 is 2.65 bits per heavy atom. The number of carbonyl (C=O) groups excluding carboxylic acids is 1. The van der Waals surface area contributed by atoms with Gasteiger partial charge in [0.25, 0.3) is 0 Å². The van der Waals surface area contributed by atoms with Crippen molar-refractivity contribution in [2.45, 2.75) is 12.8 Å². The van der Waals surface area contributed by atoms with Crippen LogP contribution in [0, 0.1) is 0 Å². The minimum atomic E-state index is -0.346. The molecule has 3 heteroatoms. The largest absolute Gasteiger partial charge is 0.468 e. The highest BCUT2D eigenvalue weighted by atomic mass is 16.5. The Bertz CT molecular complexity index is 485. The van der Waals surface area contributed by atoms with E-state index in [-0.39, 0.29) is 5.97 Å². The van der Waals surface area contributed by atoms with E-state index in [0.717, 1.165) is 6.42 Å². The summed E-state index contributed by atoms with van der Waals surface area (Å²) in [5.41, 5.74) is 1.74. The van der Waals surface area contributed by atoms with Gasteiger partial charge in [0.15, 0.2) is 0 Å². The van der Waals surface area contributed by atoms with E-state index >= 15 is 0 Å². The molecule has 0 atom stereocenters. The first kappa shape index (κ1) is 11.5. The molecule has 0 aliphatic carbocycles. The van der Waals surface area contributed by atoms with E-state index in [0.29, 0.717) is 17.7 Å². The molecule has 0 fully saturated rings. The molecule has 0 saturated carbocycles. The maximum absolute atomic E-state index is 11.4. The van der Waals surface area contributed by atoms with Crippen LogP contribution in [0.4, 0.5) is 0 Å². The van der Waals surface area contributed by atoms with Gasteiger partial charge in [-0.3, -0.25) is 0 Å². The van der Waals surface area contributed by atoms with Crippen LogP contribution in [0.1, 0.15) is 21.7 Å². The van der Waals surface area contributed by atoms with Crippen molar-refractivity contribution < 1.29 is 13.9 Å². The first-order valence-electron chi connectivity index (χ1n) is 5.50. The van der Waals surface area contributed by atoms with Gasteiger partial charge in [-0.25, -0.2) is 4.79 Å². The van der Waals surface area contributed by atoms with Crippen LogP contribution in [-0.2, 0) is 17.6 Å². The Balaban J connectivity index is 2.05. The van der Waals surface area contributed by atoms with Crippen molar-refractivity contribution in [2.24, 2.45) is 0 Å². The Morgan fingerprint density at radius 1 is 1.18 bits per heavy atom. The molecular formula is C14H14O3. The molecule has 88 valence electrons. The third kappa shape index (κ3) is 2.75. The number of esters is 1. The molecule has 0 amide bonds. The average molecular weight is 230 g/mol. The molecular weight excluding hydrogens is 216 g/mol. The van der Waals surface area contributed by atoms with Gasteiger partial charge in [0.05, 0.1) is 13.4 Å². The van der Waals surface area contributed by atoms with Crippen LogP contribution in [-0.4, -0.2) is 13.1 Å². The highest BCUT2D eigenvalue weighted by molar-refractivity contribution is 5.90. The van der Waals surface area contributed by atoms with E-state index in [2.05, 4.69) is 16.9 Å². The van der Waals surface area contributed by atoms with Crippen molar-refractivity contribution in [3.63, 3.8) is 0 Å². The van der Waals surface area contributed by atoms with Crippen molar-refractivity contribution in [1.82, 2.24) is 0 Å². The number of aryl methyl sites for hydroxylation is 2. The average Bonchev–Trinajstić information content (AvgIpc) is 2.85. The monoisotopic (exact) mass is 230 g/mol. The molecule has 1 aromatic carbocycles. The molecule has 0 saturated heterocycles.